The summed E-state index contributed by atoms with van der Waals surface area (Å²) in [5.41, 5.74) is 9.52. The Morgan fingerprint density at radius 1 is 1.33 bits per heavy atom. The topological polar surface area (TPSA) is 53.6 Å². The van der Waals surface area contributed by atoms with Crippen molar-refractivity contribution in [3.8, 4) is 0 Å². The Bertz CT molecular complexity index is 474. The van der Waals surface area contributed by atoms with Crippen molar-refractivity contribution in [3.63, 3.8) is 0 Å². The van der Waals surface area contributed by atoms with Crippen LogP contribution in [0, 0.1) is 0 Å². The molecule has 3 N–H and O–H groups in total. The third kappa shape index (κ3) is 6.00. The van der Waals surface area contributed by atoms with E-state index >= 15 is 0 Å². The van der Waals surface area contributed by atoms with Crippen LogP contribution in [0.15, 0.2) is 41.4 Å². The second-order valence-corrected chi connectivity index (χ2v) is 5.61. The number of nitrogens with two attached hydrogens (primary N) is 1. The number of benzene rings is 1. The van der Waals surface area contributed by atoms with Crippen LogP contribution in [0.5, 0.6) is 0 Å². The van der Waals surface area contributed by atoms with Crippen molar-refractivity contribution in [1.29, 1.82) is 0 Å². The molecule has 21 heavy (non-hydrogen) atoms. The number of hydrogen-bond acceptors (Lipinski definition) is 2. The van der Waals surface area contributed by atoms with Crippen LogP contribution in [0.4, 0.5) is 0 Å². The molecule has 0 spiro atoms. The predicted molar refractivity (Wildman–Crippen MR) is 91.6 cm³/mol. The number of rotatable bonds is 7. The van der Waals surface area contributed by atoms with Crippen LogP contribution in [0.1, 0.15) is 31.0 Å². The minimum absolute atomic E-state index is 0.223. The molecule has 1 atom stereocenters. The third-order valence-electron chi connectivity index (χ3n) is 3.40. The summed E-state index contributed by atoms with van der Waals surface area (Å²) >= 11 is 0. The highest BCUT2D eigenvalue weighted by atomic mass is 15.1. The summed E-state index contributed by atoms with van der Waals surface area (Å²) in [4.78, 5) is 6.60. The molecule has 4 heteroatoms. The van der Waals surface area contributed by atoms with Crippen molar-refractivity contribution < 1.29 is 0 Å². The number of nitrogens with zero attached hydrogens (tertiary/aromatic N) is 2. The van der Waals surface area contributed by atoms with Gasteiger partial charge >= 0.3 is 0 Å². The fraction of sp³-hybridized carbons (Fsp3) is 0.471. The fourth-order valence-corrected chi connectivity index (χ4v) is 2.02. The van der Waals surface area contributed by atoms with Crippen LogP contribution in [0.2, 0.25) is 0 Å². The third-order valence-corrected chi connectivity index (χ3v) is 3.40. The molecule has 0 aliphatic heterocycles. The van der Waals surface area contributed by atoms with Gasteiger partial charge in [-0.25, -0.2) is 0 Å². The molecule has 1 aromatic rings. The van der Waals surface area contributed by atoms with Crippen molar-refractivity contribution in [2.75, 3.05) is 27.2 Å². The van der Waals surface area contributed by atoms with Crippen LogP contribution < -0.4 is 11.1 Å². The van der Waals surface area contributed by atoms with Crippen LogP contribution in [-0.2, 0) is 6.42 Å². The van der Waals surface area contributed by atoms with Crippen LogP contribution in [0.25, 0.3) is 0 Å². The molecule has 4 nitrogen and oxygen atoms in total. The van der Waals surface area contributed by atoms with E-state index in [1.54, 1.807) is 0 Å². The standard InChI is InChI=1S/C17H28N4/c1-6-14-7-9-15(10-8-14)16(21(4)5)12-20-17(18)19-11-13(2)3/h7-10,16H,2,6,11-12H2,1,3-5H3,(H3,18,19,20). The molecular formula is C17H28N4. The number of nitrogens with one attached hydrogen (secondary N) is 1. The normalized spacial score (nSPS) is 13.3. The molecular weight excluding hydrogens is 260 g/mol. The number of aryl methyl sites for hydroxylation is 1. The Labute approximate surface area is 128 Å². The second-order valence-electron chi connectivity index (χ2n) is 5.61. The average molecular weight is 288 g/mol. The maximum Gasteiger partial charge on any atom is 0.188 e. The summed E-state index contributed by atoms with van der Waals surface area (Å²) in [6, 6.07) is 8.94. The van der Waals surface area contributed by atoms with Crippen molar-refractivity contribution in [2.24, 2.45) is 10.7 Å². The van der Waals surface area contributed by atoms with Gasteiger partial charge in [0.1, 0.15) is 0 Å². The SMILES string of the molecule is C=C(C)CNC(N)=NCC(c1ccc(CC)cc1)N(C)C. The number of guanidine groups is 1. The largest absolute Gasteiger partial charge is 0.370 e. The lowest BCUT2D eigenvalue weighted by molar-refractivity contribution is 0.306. The van der Waals surface area contributed by atoms with Gasteiger partial charge in [0, 0.05) is 6.54 Å². The zero-order valence-electron chi connectivity index (χ0n) is 13.7. The zero-order chi connectivity index (χ0) is 15.8. The molecule has 0 radical (unpaired) electrons. The molecule has 0 fully saturated rings. The molecule has 0 aliphatic carbocycles. The zero-order valence-corrected chi connectivity index (χ0v) is 13.7. The van der Waals surface area contributed by atoms with Gasteiger partial charge in [0.2, 0.25) is 0 Å². The van der Waals surface area contributed by atoms with Gasteiger partial charge in [-0.05, 0) is 38.6 Å². The van der Waals surface area contributed by atoms with Gasteiger partial charge in [-0.3, -0.25) is 4.99 Å². The Morgan fingerprint density at radius 2 is 1.95 bits per heavy atom. The monoisotopic (exact) mass is 288 g/mol. The van der Waals surface area contributed by atoms with Crippen LogP contribution in [-0.4, -0.2) is 38.0 Å². The lowest BCUT2D eigenvalue weighted by Gasteiger charge is -2.23. The van der Waals surface area contributed by atoms with Gasteiger partial charge in [-0.2, -0.15) is 0 Å². The molecule has 116 valence electrons. The molecule has 0 aromatic heterocycles. The molecule has 1 aromatic carbocycles. The van der Waals surface area contributed by atoms with E-state index in [2.05, 4.69) is 67.1 Å². The minimum Gasteiger partial charge on any atom is -0.370 e. The summed E-state index contributed by atoms with van der Waals surface area (Å²) in [6.07, 6.45) is 1.06. The van der Waals surface area contributed by atoms with Gasteiger partial charge < -0.3 is 16.0 Å². The summed E-state index contributed by atoms with van der Waals surface area (Å²) in [5, 5.41) is 3.06. The number of likely N-dealkylation sites (N-methyl/N-ethyl adjacent to an activating group) is 1. The van der Waals surface area contributed by atoms with E-state index in [9.17, 15) is 0 Å². The first-order valence-corrected chi connectivity index (χ1v) is 7.37. The van der Waals surface area contributed by atoms with Crippen molar-refractivity contribution in [1.82, 2.24) is 10.2 Å². The van der Waals surface area contributed by atoms with Gasteiger partial charge in [-0.1, -0.05) is 43.3 Å². The lowest BCUT2D eigenvalue weighted by atomic mass is 10.0. The van der Waals surface area contributed by atoms with Crippen molar-refractivity contribution in [3.05, 3.63) is 47.5 Å². The van der Waals surface area contributed by atoms with E-state index in [-0.39, 0.29) is 6.04 Å². The summed E-state index contributed by atoms with van der Waals surface area (Å²) in [5.74, 6) is 0.468. The Hall–Kier alpha value is -1.81. The summed E-state index contributed by atoms with van der Waals surface area (Å²) in [6.45, 7) is 9.25. The maximum atomic E-state index is 5.87. The maximum absolute atomic E-state index is 5.87. The highest BCUT2D eigenvalue weighted by Gasteiger charge is 2.13. The highest BCUT2D eigenvalue weighted by Crippen LogP contribution is 2.19. The quantitative estimate of drug-likeness (QED) is 0.460. The van der Waals surface area contributed by atoms with Gasteiger partial charge in [0.15, 0.2) is 5.96 Å². The predicted octanol–water partition coefficient (Wildman–Crippen LogP) is 2.33. The Morgan fingerprint density at radius 3 is 2.43 bits per heavy atom. The van der Waals surface area contributed by atoms with E-state index in [0.29, 0.717) is 19.0 Å². The summed E-state index contributed by atoms with van der Waals surface area (Å²) < 4.78 is 0. The van der Waals surface area contributed by atoms with E-state index in [1.807, 2.05) is 6.92 Å². The fourth-order valence-electron chi connectivity index (χ4n) is 2.02. The molecule has 0 amide bonds. The molecule has 0 saturated carbocycles. The van der Waals surface area contributed by atoms with E-state index in [4.69, 9.17) is 5.73 Å². The molecule has 1 rings (SSSR count). The van der Waals surface area contributed by atoms with Gasteiger partial charge in [0.25, 0.3) is 0 Å². The van der Waals surface area contributed by atoms with Crippen LogP contribution in [0.3, 0.4) is 0 Å². The minimum atomic E-state index is 0.223. The van der Waals surface area contributed by atoms with Crippen LogP contribution >= 0.6 is 0 Å². The molecule has 0 saturated heterocycles. The molecule has 0 heterocycles. The van der Waals surface area contributed by atoms with E-state index in [1.165, 1.54) is 11.1 Å². The molecule has 0 bridgehead atoms. The first-order valence-electron chi connectivity index (χ1n) is 7.37. The molecule has 0 aliphatic rings. The first kappa shape index (κ1) is 17.2. The van der Waals surface area contributed by atoms with Gasteiger partial charge in [0.05, 0.1) is 12.6 Å². The van der Waals surface area contributed by atoms with E-state index < -0.39 is 0 Å². The second kappa shape index (κ2) is 8.47. The lowest BCUT2D eigenvalue weighted by Crippen LogP contribution is -2.34. The summed E-state index contributed by atoms with van der Waals surface area (Å²) in [7, 11) is 4.12. The van der Waals surface area contributed by atoms with Crippen molar-refractivity contribution >= 4 is 5.96 Å². The highest BCUT2D eigenvalue weighted by molar-refractivity contribution is 5.78. The van der Waals surface area contributed by atoms with E-state index in [0.717, 1.165) is 12.0 Å². The molecule has 1 unspecified atom stereocenters. The average Bonchev–Trinajstić information content (AvgIpc) is 2.45. The first-order chi connectivity index (χ1) is 9.93. The smallest absolute Gasteiger partial charge is 0.188 e. The Balaban J connectivity index is 2.73. The van der Waals surface area contributed by atoms with Crippen molar-refractivity contribution in [2.45, 2.75) is 26.3 Å². The van der Waals surface area contributed by atoms with Gasteiger partial charge in [-0.15, -0.1) is 0 Å². The Kier molecular flexibility index (Phi) is 6.96. The number of aliphatic imine (C=N–C) groups is 1. The number of hydrogen-bond donors (Lipinski definition) is 2.